The van der Waals surface area contributed by atoms with Crippen molar-refractivity contribution in [1.82, 2.24) is 14.9 Å². The number of hydrogen-bond acceptors (Lipinski definition) is 5. The summed E-state index contributed by atoms with van der Waals surface area (Å²) < 4.78 is 2.08. The minimum atomic E-state index is -0.0968. The summed E-state index contributed by atoms with van der Waals surface area (Å²) in [5, 5.41) is 6.48. The van der Waals surface area contributed by atoms with Crippen LogP contribution in [-0.4, -0.2) is 51.2 Å². The third kappa shape index (κ3) is 4.56. The van der Waals surface area contributed by atoms with Crippen molar-refractivity contribution in [3.63, 3.8) is 0 Å². The molecule has 2 aliphatic heterocycles. The predicted octanol–water partition coefficient (Wildman–Crippen LogP) is 4.51. The Hall–Kier alpha value is -3.58. The van der Waals surface area contributed by atoms with Gasteiger partial charge in [0.2, 0.25) is 0 Å². The first-order valence-corrected chi connectivity index (χ1v) is 12.0. The van der Waals surface area contributed by atoms with E-state index in [1.54, 1.807) is 6.20 Å². The first-order chi connectivity index (χ1) is 16.5. The summed E-state index contributed by atoms with van der Waals surface area (Å²) in [6.45, 7) is 10.4. The lowest BCUT2D eigenvalue weighted by atomic mass is 10.0. The number of nitrogens with one attached hydrogen (secondary N) is 2. The fourth-order valence-corrected chi connectivity index (χ4v) is 4.33. The largest absolute Gasteiger partial charge is 0.355 e. The molecular weight excluding hydrogens is 424 g/mol. The molecule has 2 aromatic carbocycles. The number of hydrogen-bond donors (Lipinski definition) is 2. The molecule has 7 heteroatoms. The minimum absolute atomic E-state index is 0.00590. The molecular formula is C27H31N6O+. The lowest BCUT2D eigenvalue weighted by Gasteiger charge is -2.31. The van der Waals surface area contributed by atoms with E-state index in [1.165, 1.54) is 25.1 Å². The van der Waals surface area contributed by atoms with Crippen LogP contribution in [0.3, 0.4) is 0 Å². The number of nitrogens with zero attached hydrogens (tertiary/aromatic N) is 4. The summed E-state index contributed by atoms with van der Waals surface area (Å²) >= 11 is 0. The number of anilines is 2. The van der Waals surface area contributed by atoms with Crippen molar-refractivity contribution in [1.29, 1.82) is 0 Å². The third-order valence-electron chi connectivity index (χ3n) is 6.63. The Bertz CT molecular complexity index is 1260. The highest BCUT2D eigenvalue weighted by Crippen LogP contribution is 2.25. The second kappa shape index (κ2) is 9.35. The molecule has 1 saturated heterocycles. The van der Waals surface area contributed by atoms with Gasteiger partial charge in [0.15, 0.2) is 5.69 Å². The monoisotopic (exact) mass is 455 g/mol. The van der Waals surface area contributed by atoms with Crippen LogP contribution in [0.25, 0.3) is 0 Å². The van der Waals surface area contributed by atoms with Gasteiger partial charge in [0, 0.05) is 17.8 Å². The summed E-state index contributed by atoms with van der Waals surface area (Å²) in [7, 11) is 0. The molecule has 174 valence electrons. The second-order valence-electron chi connectivity index (χ2n) is 9.10. The van der Waals surface area contributed by atoms with Crippen molar-refractivity contribution in [3.8, 4) is 0 Å². The quantitative estimate of drug-likeness (QED) is 0.489. The molecule has 0 bridgehead atoms. The van der Waals surface area contributed by atoms with Crippen LogP contribution < -0.4 is 10.6 Å². The molecule has 0 saturated carbocycles. The van der Waals surface area contributed by atoms with E-state index in [1.807, 2.05) is 42.6 Å². The molecule has 1 unspecified atom stereocenters. The van der Waals surface area contributed by atoms with Crippen molar-refractivity contribution in [2.24, 2.45) is 0 Å². The van der Waals surface area contributed by atoms with E-state index in [2.05, 4.69) is 56.9 Å². The number of fused-ring (bicyclic) bond motifs is 1. The Labute approximate surface area is 200 Å². The minimum Gasteiger partial charge on any atom is -0.342 e. The van der Waals surface area contributed by atoms with Gasteiger partial charge in [0.1, 0.15) is 6.21 Å². The molecule has 0 radical (unpaired) electrons. The second-order valence-corrected chi connectivity index (χ2v) is 9.10. The smallest absolute Gasteiger partial charge is 0.342 e. The van der Waals surface area contributed by atoms with Gasteiger partial charge in [-0.15, -0.1) is 0 Å². The lowest BCUT2D eigenvalue weighted by Crippen LogP contribution is -2.36. The van der Waals surface area contributed by atoms with Crippen molar-refractivity contribution < 1.29 is 9.37 Å². The summed E-state index contributed by atoms with van der Waals surface area (Å²) in [6.07, 6.45) is 5.05. The lowest BCUT2D eigenvalue weighted by molar-refractivity contribution is -0.447. The molecule has 5 rings (SSSR count). The highest BCUT2D eigenvalue weighted by molar-refractivity contribution is 6.04. The van der Waals surface area contributed by atoms with Crippen molar-refractivity contribution in [3.05, 3.63) is 76.6 Å². The Morgan fingerprint density at radius 2 is 2.06 bits per heavy atom. The zero-order valence-corrected chi connectivity index (χ0v) is 20.0. The van der Waals surface area contributed by atoms with Crippen molar-refractivity contribution in [2.45, 2.75) is 39.8 Å². The molecule has 7 nitrogen and oxygen atoms in total. The van der Waals surface area contributed by atoms with Crippen LogP contribution in [0, 0.1) is 6.92 Å². The summed E-state index contributed by atoms with van der Waals surface area (Å²) in [5.41, 5.74) is 5.88. The summed E-state index contributed by atoms with van der Waals surface area (Å²) in [6, 6.07) is 13.9. The zero-order chi connectivity index (χ0) is 23.7. The first-order valence-electron chi connectivity index (χ1n) is 12.0. The SMILES string of the molecule is CC[N+]1=Cc2ncc(NC(C)c3cccc(NC(=O)c4ccc(CN5CCC5)c(C)c4)c3)nc21. The van der Waals surface area contributed by atoms with Gasteiger partial charge in [-0.1, -0.05) is 18.2 Å². The molecule has 2 aliphatic rings. The van der Waals surface area contributed by atoms with E-state index in [9.17, 15) is 4.79 Å². The first kappa shape index (κ1) is 22.2. The standard InChI is InChI=1S/C27H30N6O/c1-4-33-17-24-26(33)31-25(15-28-24)29-19(3)20-7-5-8-23(14-20)30-27(34)21-9-10-22(18(2)13-21)16-32-11-6-12-32/h5,7-10,13-15,17,19H,4,6,11-12,16H2,1-3H3,(H,30,34)/p+1. The van der Waals surface area contributed by atoms with Gasteiger partial charge in [-0.25, -0.2) is 9.56 Å². The molecule has 1 fully saturated rings. The molecule has 1 amide bonds. The normalized spacial score (nSPS) is 15.4. The van der Waals surface area contributed by atoms with Crippen molar-refractivity contribution in [2.75, 3.05) is 30.3 Å². The predicted molar refractivity (Wildman–Crippen MR) is 135 cm³/mol. The van der Waals surface area contributed by atoms with Crippen LogP contribution in [0.2, 0.25) is 0 Å². The molecule has 3 aromatic rings. The van der Waals surface area contributed by atoms with Gasteiger partial charge in [-0.3, -0.25) is 9.69 Å². The molecule has 0 spiro atoms. The number of carbonyl (C=O) groups excluding carboxylic acids is 1. The number of benzene rings is 2. The van der Waals surface area contributed by atoms with E-state index in [0.29, 0.717) is 5.56 Å². The topological polar surface area (TPSA) is 73.2 Å². The Morgan fingerprint density at radius 1 is 1.21 bits per heavy atom. The maximum absolute atomic E-state index is 12.9. The average Bonchev–Trinajstić information content (AvgIpc) is 2.79. The molecule has 0 aliphatic carbocycles. The summed E-state index contributed by atoms with van der Waals surface area (Å²) in [4.78, 5) is 24.5. The van der Waals surface area contributed by atoms with Gasteiger partial charge in [0.25, 0.3) is 11.7 Å². The fraction of sp³-hybridized carbons (Fsp3) is 0.333. The summed E-state index contributed by atoms with van der Waals surface area (Å²) in [5.74, 6) is 1.55. The van der Waals surface area contributed by atoms with Gasteiger partial charge in [-0.2, -0.15) is 0 Å². The van der Waals surface area contributed by atoms with E-state index < -0.39 is 0 Å². The van der Waals surface area contributed by atoms with Crippen LogP contribution in [0.1, 0.15) is 59.1 Å². The average molecular weight is 456 g/mol. The maximum atomic E-state index is 12.9. The van der Waals surface area contributed by atoms with Gasteiger partial charge in [-0.05, 0) is 86.2 Å². The van der Waals surface area contributed by atoms with E-state index in [4.69, 9.17) is 0 Å². The van der Waals surface area contributed by atoms with E-state index in [-0.39, 0.29) is 11.9 Å². The number of likely N-dealkylation sites (tertiary alicyclic amines) is 1. The zero-order valence-electron chi connectivity index (χ0n) is 20.0. The molecule has 2 N–H and O–H groups in total. The van der Waals surface area contributed by atoms with Gasteiger partial charge < -0.3 is 10.6 Å². The molecule has 1 aromatic heterocycles. The van der Waals surface area contributed by atoms with Crippen LogP contribution in [-0.2, 0) is 6.54 Å². The van der Waals surface area contributed by atoms with Crippen molar-refractivity contribution >= 4 is 29.4 Å². The van der Waals surface area contributed by atoms with Gasteiger partial charge >= 0.3 is 5.82 Å². The number of carbonyl (C=O) groups is 1. The van der Waals surface area contributed by atoms with Crippen LogP contribution in [0.15, 0.2) is 48.7 Å². The Morgan fingerprint density at radius 3 is 2.79 bits per heavy atom. The number of aryl methyl sites for hydroxylation is 1. The van der Waals surface area contributed by atoms with Crippen LogP contribution >= 0.6 is 0 Å². The fourth-order valence-electron chi connectivity index (χ4n) is 4.33. The highest BCUT2D eigenvalue weighted by Gasteiger charge is 2.28. The molecule has 34 heavy (non-hydrogen) atoms. The Balaban J connectivity index is 1.24. The number of rotatable bonds is 8. The molecule has 3 heterocycles. The van der Waals surface area contributed by atoms with E-state index in [0.717, 1.165) is 47.2 Å². The number of amides is 1. The van der Waals surface area contributed by atoms with E-state index >= 15 is 0 Å². The maximum Gasteiger partial charge on any atom is 0.355 e. The third-order valence-corrected chi connectivity index (χ3v) is 6.63. The molecule has 1 atom stereocenters. The van der Waals surface area contributed by atoms with Crippen LogP contribution in [0.5, 0.6) is 0 Å². The highest BCUT2D eigenvalue weighted by atomic mass is 16.1. The van der Waals surface area contributed by atoms with Crippen LogP contribution in [0.4, 0.5) is 17.3 Å². The Kier molecular flexibility index (Phi) is 6.11. The van der Waals surface area contributed by atoms with Gasteiger partial charge in [0.05, 0.1) is 18.8 Å². The number of aromatic nitrogens is 2.